The first-order valence-corrected chi connectivity index (χ1v) is 9.66. The van der Waals surface area contributed by atoms with Crippen LogP contribution in [0.3, 0.4) is 0 Å². The van der Waals surface area contributed by atoms with E-state index in [0.29, 0.717) is 9.66 Å². The number of carboxylic acid groups (broad SMARTS) is 1. The first-order chi connectivity index (χ1) is 7.16. The molecule has 0 atom stereocenters. The van der Waals surface area contributed by atoms with Crippen molar-refractivity contribution >= 4 is 51.1 Å². The number of carboxylic acids is 1. The van der Waals surface area contributed by atoms with Crippen molar-refractivity contribution in [1.82, 2.24) is 0 Å². The normalized spacial score (nSPS) is 11.6. The highest BCUT2D eigenvalue weighted by Crippen LogP contribution is 2.26. The van der Waals surface area contributed by atoms with E-state index in [4.69, 9.17) is 5.11 Å². The molecular formula is C10H11Br2FO2Si. The van der Waals surface area contributed by atoms with Gasteiger partial charge in [0.1, 0.15) is 11.4 Å². The molecule has 2 nitrogen and oxygen atoms in total. The van der Waals surface area contributed by atoms with Crippen LogP contribution in [-0.4, -0.2) is 19.1 Å². The number of carbonyl (C=O) groups is 1. The molecule has 1 rings (SSSR count). The van der Waals surface area contributed by atoms with Gasteiger partial charge in [-0.3, -0.25) is 0 Å². The molecule has 0 saturated carbocycles. The molecule has 0 aliphatic heterocycles. The van der Waals surface area contributed by atoms with Crippen LogP contribution in [0.4, 0.5) is 4.39 Å². The number of hydrogen-bond donors (Lipinski definition) is 1. The lowest BCUT2D eigenvalue weighted by Gasteiger charge is -2.21. The van der Waals surface area contributed by atoms with Crippen molar-refractivity contribution in [3.05, 3.63) is 26.4 Å². The Morgan fingerprint density at radius 2 is 1.81 bits per heavy atom. The Hall–Kier alpha value is -0.203. The van der Waals surface area contributed by atoms with E-state index in [0.717, 1.165) is 0 Å². The Labute approximate surface area is 111 Å². The monoisotopic (exact) mass is 368 g/mol. The Bertz CT molecular complexity index is 455. The van der Waals surface area contributed by atoms with Gasteiger partial charge in [0, 0.05) is 8.95 Å². The zero-order valence-electron chi connectivity index (χ0n) is 9.07. The van der Waals surface area contributed by atoms with Gasteiger partial charge in [-0.1, -0.05) is 35.6 Å². The fraction of sp³-hybridized carbons (Fsp3) is 0.300. The van der Waals surface area contributed by atoms with E-state index in [1.54, 1.807) is 6.07 Å². The Kier molecular flexibility index (Phi) is 3.97. The van der Waals surface area contributed by atoms with Gasteiger partial charge in [0.25, 0.3) is 0 Å². The van der Waals surface area contributed by atoms with Gasteiger partial charge in [0.2, 0.25) is 0 Å². The van der Waals surface area contributed by atoms with Crippen LogP contribution in [0.5, 0.6) is 0 Å². The third-order valence-corrected chi connectivity index (χ3v) is 5.74. The molecule has 0 radical (unpaired) electrons. The van der Waals surface area contributed by atoms with Gasteiger partial charge in [0.15, 0.2) is 0 Å². The minimum Gasteiger partial charge on any atom is -0.478 e. The number of aromatic carboxylic acids is 1. The van der Waals surface area contributed by atoms with Crippen LogP contribution >= 0.6 is 31.9 Å². The lowest BCUT2D eigenvalue weighted by molar-refractivity contribution is 0.0691. The first kappa shape index (κ1) is 13.9. The molecule has 0 aliphatic carbocycles. The zero-order valence-corrected chi connectivity index (χ0v) is 13.2. The molecular weight excluding hydrogens is 359 g/mol. The summed E-state index contributed by atoms with van der Waals surface area (Å²) in [5.41, 5.74) is -0.291. The highest BCUT2D eigenvalue weighted by atomic mass is 79.9. The van der Waals surface area contributed by atoms with E-state index >= 15 is 0 Å². The molecule has 0 aromatic heterocycles. The van der Waals surface area contributed by atoms with E-state index in [2.05, 4.69) is 31.9 Å². The smallest absolute Gasteiger partial charge is 0.339 e. The van der Waals surface area contributed by atoms with Crippen molar-refractivity contribution in [2.24, 2.45) is 0 Å². The molecule has 0 spiro atoms. The maximum atomic E-state index is 14.1. The Balaban J connectivity index is 3.65. The highest BCUT2D eigenvalue weighted by molar-refractivity contribution is 9.11. The number of hydrogen-bond acceptors (Lipinski definition) is 1. The molecule has 1 aromatic carbocycles. The second-order valence-corrected chi connectivity index (χ2v) is 11.2. The van der Waals surface area contributed by atoms with Gasteiger partial charge in [-0.2, -0.15) is 0 Å². The van der Waals surface area contributed by atoms with Crippen LogP contribution in [-0.2, 0) is 0 Å². The van der Waals surface area contributed by atoms with Gasteiger partial charge in [-0.25, -0.2) is 9.18 Å². The van der Waals surface area contributed by atoms with Crippen molar-refractivity contribution < 1.29 is 14.3 Å². The van der Waals surface area contributed by atoms with Crippen molar-refractivity contribution in [1.29, 1.82) is 0 Å². The summed E-state index contributed by atoms with van der Waals surface area (Å²) < 4.78 is 15.0. The Morgan fingerprint density at radius 3 is 2.19 bits per heavy atom. The van der Waals surface area contributed by atoms with E-state index in [-0.39, 0.29) is 10.0 Å². The number of halogens is 3. The van der Waals surface area contributed by atoms with Crippen LogP contribution in [0, 0.1) is 5.82 Å². The fourth-order valence-electron chi connectivity index (χ4n) is 1.47. The quantitative estimate of drug-likeness (QED) is 0.808. The largest absolute Gasteiger partial charge is 0.478 e. The molecule has 0 bridgehead atoms. The summed E-state index contributed by atoms with van der Waals surface area (Å²) in [6.07, 6.45) is 0. The van der Waals surface area contributed by atoms with E-state index in [9.17, 15) is 9.18 Å². The van der Waals surface area contributed by atoms with Crippen LogP contribution in [0.2, 0.25) is 19.6 Å². The third kappa shape index (κ3) is 2.54. The van der Waals surface area contributed by atoms with E-state index < -0.39 is 19.9 Å². The maximum Gasteiger partial charge on any atom is 0.339 e. The number of rotatable bonds is 2. The second-order valence-electron chi connectivity index (χ2n) is 4.46. The van der Waals surface area contributed by atoms with Crippen LogP contribution in [0.25, 0.3) is 0 Å². The van der Waals surface area contributed by atoms with Crippen molar-refractivity contribution in [3.63, 3.8) is 0 Å². The lowest BCUT2D eigenvalue weighted by atomic mass is 10.2. The van der Waals surface area contributed by atoms with Crippen molar-refractivity contribution in [2.75, 3.05) is 0 Å². The molecule has 1 N–H and O–H groups in total. The molecule has 1 aromatic rings. The van der Waals surface area contributed by atoms with Crippen molar-refractivity contribution in [3.8, 4) is 0 Å². The average molecular weight is 370 g/mol. The molecule has 0 saturated heterocycles. The fourth-order valence-corrected chi connectivity index (χ4v) is 6.11. The maximum absolute atomic E-state index is 14.1. The van der Waals surface area contributed by atoms with Gasteiger partial charge in [-0.15, -0.1) is 0 Å². The summed E-state index contributed by atoms with van der Waals surface area (Å²) in [5.74, 6) is -1.88. The van der Waals surface area contributed by atoms with Gasteiger partial charge in [0.05, 0.1) is 8.07 Å². The van der Waals surface area contributed by atoms with E-state index in [1.165, 1.54) is 0 Å². The van der Waals surface area contributed by atoms with Gasteiger partial charge >= 0.3 is 5.97 Å². The molecule has 0 unspecified atom stereocenters. The molecule has 0 aliphatic rings. The van der Waals surface area contributed by atoms with Crippen LogP contribution in [0.1, 0.15) is 10.4 Å². The second kappa shape index (κ2) is 4.58. The zero-order chi connectivity index (χ0) is 12.7. The topological polar surface area (TPSA) is 37.3 Å². The van der Waals surface area contributed by atoms with Crippen molar-refractivity contribution in [2.45, 2.75) is 19.6 Å². The predicted octanol–water partition coefficient (Wildman–Crippen LogP) is 3.59. The lowest BCUT2D eigenvalue weighted by Crippen LogP contribution is -2.42. The summed E-state index contributed by atoms with van der Waals surface area (Å²) in [4.78, 5) is 11.0. The highest BCUT2D eigenvalue weighted by Gasteiger charge is 2.29. The third-order valence-electron chi connectivity index (χ3n) is 2.13. The Morgan fingerprint density at radius 1 is 1.31 bits per heavy atom. The van der Waals surface area contributed by atoms with Crippen LogP contribution < -0.4 is 5.19 Å². The summed E-state index contributed by atoms with van der Waals surface area (Å²) in [6, 6.07) is 1.60. The minimum atomic E-state index is -1.93. The summed E-state index contributed by atoms with van der Waals surface area (Å²) in [5, 5.41) is 9.47. The van der Waals surface area contributed by atoms with E-state index in [1.807, 2.05) is 19.6 Å². The van der Waals surface area contributed by atoms with Gasteiger partial charge in [-0.05, 0) is 27.2 Å². The number of benzene rings is 1. The SMILES string of the molecule is C[Si](C)(C)c1c(Br)cc(Br)c(C(=O)O)c1F. The van der Waals surface area contributed by atoms with Gasteiger partial charge < -0.3 is 5.11 Å². The summed E-state index contributed by atoms with van der Waals surface area (Å²) in [6.45, 7) is 5.90. The average Bonchev–Trinajstić information content (AvgIpc) is 1.97. The molecule has 0 fully saturated rings. The molecule has 0 heterocycles. The predicted molar refractivity (Wildman–Crippen MR) is 71.7 cm³/mol. The first-order valence-electron chi connectivity index (χ1n) is 4.57. The summed E-state index contributed by atoms with van der Waals surface area (Å²) >= 11 is 6.35. The molecule has 0 amide bonds. The standard InChI is InChI=1S/C10H11Br2FO2Si/c1-16(2,3)9-6(12)4-5(11)7(8(9)13)10(14)15/h4H,1-3H3,(H,14,15). The summed E-state index contributed by atoms with van der Waals surface area (Å²) in [7, 11) is -1.93. The van der Waals surface area contributed by atoms with Crippen LogP contribution in [0.15, 0.2) is 15.0 Å². The minimum absolute atomic E-state index is 0.256. The molecule has 16 heavy (non-hydrogen) atoms. The molecule has 6 heteroatoms. The molecule has 88 valence electrons.